The first-order chi connectivity index (χ1) is 12.3. The number of halogens is 1. The van der Waals surface area contributed by atoms with Gasteiger partial charge in [-0.25, -0.2) is 0 Å². The van der Waals surface area contributed by atoms with Gasteiger partial charge in [-0.3, -0.25) is 0 Å². The van der Waals surface area contributed by atoms with E-state index in [-0.39, 0.29) is 0 Å². The smallest absolute Gasteiger partial charge is 0.0408 e. The molecule has 0 bridgehead atoms. The van der Waals surface area contributed by atoms with Crippen LogP contribution in [0.2, 0.25) is 5.02 Å². The molecule has 0 aromatic heterocycles. The molecule has 3 aromatic rings. The summed E-state index contributed by atoms with van der Waals surface area (Å²) in [5, 5.41) is 6.28. The van der Waals surface area contributed by atoms with Gasteiger partial charge in [0.1, 0.15) is 0 Å². The fraction of sp³-hybridized carbons (Fsp3) is 0.167. The SMILES string of the molecule is Clc1cccc(C2C=c3c(ccc4c5c(ccc34)CCC=C5)=CC2)c1. The molecule has 0 nitrogen and oxygen atoms in total. The minimum atomic E-state index is 0.392. The van der Waals surface area contributed by atoms with Crippen molar-refractivity contribution < 1.29 is 0 Å². The van der Waals surface area contributed by atoms with Crippen molar-refractivity contribution in [2.45, 2.75) is 25.2 Å². The zero-order valence-corrected chi connectivity index (χ0v) is 14.8. The number of benzene rings is 3. The molecule has 0 saturated carbocycles. The lowest BCUT2D eigenvalue weighted by Crippen LogP contribution is -2.29. The molecule has 3 aromatic carbocycles. The van der Waals surface area contributed by atoms with E-state index in [4.69, 9.17) is 11.6 Å². The molecular weight excluding hydrogens is 324 g/mol. The van der Waals surface area contributed by atoms with Crippen LogP contribution in [0, 0.1) is 0 Å². The summed E-state index contributed by atoms with van der Waals surface area (Å²) in [6.07, 6.45) is 12.7. The monoisotopic (exact) mass is 342 g/mol. The van der Waals surface area contributed by atoms with Gasteiger partial charge >= 0.3 is 0 Å². The Morgan fingerprint density at radius 1 is 0.960 bits per heavy atom. The second-order valence-electron chi connectivity index (χ2n) is 7.01. The van der Waals surface area contributed by atoms with Gasteiger partial charge in [0.15, 0.2) is 0 Å². The van der Waals surface area contributed by atoms with Gasteiger partial charge in [0.2, 0.25) is 0 Å². The van der Waals surface area contributed by atoms with E-state index in [0.29, 0.717) is 5.92 Å². The highest BCUT2D eigenvalue weighted by Crippen LogP contribution is 2.28. The largest absolute Gasteiger partial charge is 0.0843 e. The average molecular weight is 343 g/mol. The number of hydrogen-bond donors (Lipinski definition) is 0. The van der Waals surface area contributed by atoms with E-state index >= 15 is 0 Å². The molecule has 0 spiro atoms. The number of hydrogen-bond acceptors (Lipinski definition) is 0. The van der Waals surface area contributed by atoms with Crippen LogP contribution in [0.3, 0.4) is 0 Å². The Morgan fingerprint density at radius 2 is 1.88 bits per heavy atom. The van der Waals surface area contributed by atoms with Gasteiger partial charge in [-0.1, -0.05) is 72.3 Å². The predicted molar refractivity (Wildman–Crippen MR) is 108 cm³/mol. The maximum absolute atomic E-state index is 6.21. The van der Waals surface area contributed by atoms with E-state index in [2.05, 4.69) is 60.7 Å². The van der Waals surface area contributed by atoms with E-state index in [1.54, 1.807) is 0 Å². The maximum atomic E-state index is 6.21. The Balaban J connectivity index is 1.75. The molecule has 0 fully saturated rings. The number of aryl methyl sites for hydroxylation is 1. The van der Waals surface area contributed by atoms with Crippen molar-refractivity contribution in [3.05, 3.63) is 86.8 Å². The highest BCUT2D eigenvalue weighted by Gasteiger charge is 2.14. The molecule has 2 aliphatic carbocycles. The highest BCUT2D eigenvalue weighted by molar-refractivity contribution is 6.30. The Labute approximate surface area is 152 Å². The van der Waals surface area contributed by atoms with Gasteiger partial charge in [-0.05, 0) is 69.3 Å². The molecule has 1 atom stereocenters. The van der Waals surface area contributed by atoms with Gasteiger partial charge in [0.05, 0.1) is 0 Å². The van der Waals surface area contributed by atoms with Gasteiger partial charge in [-0.2, -0.15) is 0 Å². The molecule has 1 unspecified atom stereocenters. The summed E-state index contributed by atoms with van der Waals surface area (Å²) >= 11 is 6.21. The summed E-state index contributed by atoms with van der Waals surface area (Å²) in [6.45, 7) is 0. The maximum Gasteiger partial charge on any atom is 0.0408 e. The molecule has 0 radical (unpaired) electrons. The third-order valence-electron chi connectivity index (χ3n) is 5.51. The molecule has 122 valence electrons. The van der Waals surface area contributed by atoms with Crippen molar-refractivity contribution in [3.8, 4) is 0 Å². The van der Waals surface area contributed by atoms with Gasteiger partial charge in [0.25, 0.3) is 0 Å². The Morgan fingerprint density at radius 3 is 2.80 bits per heavy atom. The molecule has 25 heavy (non-hydrogen) atoms. The van der Waals surface area contributed by atoms with Gasteiger partial charge < -0.3 is 0 Å². The van der Waals surface area contributed by atoms with Crippen LogP contribution in [-0.2, 0) is 6.42 Å². The van der Waals surface area contributed by atoms with Crippen molar-refractivity contribution >= 4 is 40.6 Å². The molecule has 0 aliphatic heterocycles. The van der Waals surface area contributed by atoms with Crippen LogP contribution >= 0.6 is 11.6 Å². The first kappa shape index (κ1) is 15.0. The van der Waals surface area contributed by atoms with Crippen molar-refractivity contribution in [2.24, 2.45) is 0 Å². The molecule has 0 saturated heterocycles. The number of allylic oxidation sites excluding steroid dienone is 1. The van der Waals surface area contributed by atoms with Crippen LogP contribution in [0.1, 0.15) is 35.4 Å². The highest BCUT2D eigenvalue weighted by atomic mass is 35.5. The topological polar surface area (TPSA) is 0 Å². The van der Waals surface area contributed by atoms with Crippen LogP contribution in [0.15, 0.2) is 54.6 Å². The fourth-order valence-electron chi connectivity index (χ4n) is 4.23. The molecular formula is C24H19Cl. The summed E-state index contributed by atoms with van der Waals surface area (Å²) in [5.74, 6) is 0.392. The third kappa shape index (κ3) is 2.53. The Hall–Kier alpha value is -2.31. The van der Waals surface area contributed by atoms with Gasteiger partial charge in [-0.15, -0.1) is 0 Å². The summed E-state index contributed by atoms with van der Waals surface area (Å²) in [7, 11) is 0. The first-order valence-electron chi connectivity index (χ1n) is 8.98. The average Bonchev–Trinajstić information content (AvgIpc) is 2.67. The zero-order valence-electron chi connectivity index (χ0n) is 14.0. The summed E-state index contributed by atoms with van der Waals surface area (Å²) in [4.78, 5) is 0. The van der Waals surface area contributed by atoms with Crippen molar-refractivity contribution in [1.82, 2.24) is 0 Å². The third-order valence-corrected chi connectivity index (χ3v) is 5.74. The Kier molecular flexibility index (Phi) is 3.53. The van der Waals surface area contributed by atoms with E-state index in [1.807, 2.05) is 12.1 Å². The minimum absolute atomic E-state index is 0.392. The van der Waals surface area contributed by atoms with Gasteiger partial charge in [0, 0.05) is 10.9 Å². The van der Waals surface area contributed by atoms with Crippen LogP contribution in [0.5, 0.6) is 0 Å². The standard InChI is InChI=1S/C24H19Cl/c25-20-6-3-5-18(14-20)19-9-8-17-11-12-22-21-7-2-1-4-16(21)10-13-23(22)24(17)15-19/h2-3,5-8,10-15,19H,1,4,9H2. The fourth-order valence-corrected chi connectivity index (χ4v) is 4.42. The predicted octanol–water partition coefficient (Wildman–Crippen LogP) is 5.20. The van der Waals surface area contributed by atoms with E-state index in [9.17, 15) is 0 Å². The summed E-state index contributed by atoms with van der Waals surface area (Å²) in [6, 6.07) is 17.5. The Bertz CT molecular complexity index is 1130. The minimum Gasteiger partial charge on any atom is -0.0843 e. The van der Waals surface area contributed by atoms with E-state index in [1.165, 1.54) is 37.9 Å². The molecule has 5 rings (SSSR count). The van der Waals surface area contributed by atoms with E-state index < -0.39 is 0 Å². The lowest BCUT2D eigenvalue weighted by molar-refractivity contribution is 0.923. The van der Waals surface area contributed by atoms with Crippen LogP contribution in [0.25, 0.3) is 29.0 Å². The van der Waals surface area contributed by atoms with Crippen LogP contribution in [0.4, 0.5) is 0 Å². The van der Waals surface area contributed by atoms with E-state index in [0.717, 1.165) is 24.3 Å². The second-order valence-corrected chi connectivity index (χ2v) is 7.45. The van der Waals surface area contributed by atoms with Crippen LogP contribution < -0.4 is 10.4 Å². The summed E-state index contributed by atoms with van der Waals surface area (Å²) < 4.78 is 0. The molecule has 0 N–H and O–H groups in total. The number of rotatable bonds is 1. The normalized spacial score (nSPS) is 18.2. The van der Waals surface area contributed by atoms with Crippen molar-refractivity contribution in [2.75, 3.05) is 0 Å². The van der Waals surface area contributed by atoms with Crippen LogP contribution in [-0.4, -0.2) is 0 Å². The zero-order chi connectivity index (χ0) is 16.8. The lowest BCUT2D eigenvalue weighted by atomic mass is 9.87. The van der Waals surface area contributed by atoms with Crippen molar-refractivity contribution in [3.63, 3.8) is 0 Å². The quantitative estimate of drug-likeness (QED) is 0.570. The lowest BCUT2D eigenvalue weighted by Gasteiger charge is -2.18. The summed E-state index contributed by atoms with van der Waals surface area (Å²) in [5.41, 5.74) is 4.18. The first-order valence-corrected chi connectivity index (χ1v) is 9.36. The second kappa shape index (κ2) is 5.89. The molecule has 2 aliphatic rings. The van der Waals surface area contributed by atoms with Crippen molar-refractivity contribution in [1.29, 1.82) is 0 Å². The number of fused-ring (bicyclic) bond motifs is 5. The molecule has 1 heteroatoms. The molecule has 0 amide bonds. The molecule has 0 heterocycles.